The minimum absolute atomic E-state index is 0. The summed E-state index contributed by atoms with van der Waals surface area (Å²) in [5, 5.41) is 9.22. The van der Waals surface area contributed by atoms with E-state index >= 15 is 0 Å². The highest BCUT2D eigenvalue weighted by Crippen LogP contribution is 2.27. The summed E-state index contributed by atoms with van der Waals surface area (Å²) in [4.78, 5) is 14.5. The maximum absolute atomic E-state index is 12.7. The third-order valence-corrected chi connectivity index (χ3v) is 4.76. The lowest BCUT2D eigenvalue weighted by atomic mass is 10.0. The number of hydrogen-bond acceptors (Lipinski definition) is 6. The van der Waals surface area contributed by atoms with Crippen molar-refractivity contribution in [1.29, 1.82) is 0 Å². The van der Waals surface area contributed by atoms with Gasteiger partial charge in [-0.15, -0.1) is 24.0 Å². The van der Waals surface area contributed by atoms with Gasteiger partial charge in [0.25, 0.3) is 0 Å². The summed E-state index contributed by atoms with van der Waals surface area (Å²) in [5.74, 6) is 1.19. The normalized spacial score (nSPS) is 16.4. The quantitative estimate of drug-likeness (QED) is 0.172. The molecule has 32 heavy (non-hydrogen) atoms. The van der Waals surface area contributed by atoms with Crippen molar-refractivity contribution in [2.24, 2.45) is 10.9 Å². The summed E-state index contributed by atoms with van der Waals surface area (Å²) >= 11 is 0. The third kappa shape index (κ3) is 10.5. The highest BCUT2D eigenvalue weighted by Gasteiger charge is 2.32. The third-order valence-electron chi connectivity index (χ3n) is 4.76. The number of anilines is 1. The van der Waals surface area contributed by atoms with Crippen LogP contribution in [0.1, 0.15) is 32.9 Å². The number of hydrogen-bond donors (Lipinski definition) is 3. The number of nitrogens with zero attached hydrogens (tertiary/aromatic N) is 4. The van der Waals surface area contributed by atoms with E-state index in [0.29, 0.717) is 44.1 Å². The van der Waals surface area contributed by atoms with Gasteiger partial charge in [0.15, 0.2) is 5.96 Å². The zero-order valence-corrected chi connectivity index (χ0v) is 21.2. The second-order valence-corrected chi connectivity index (χ2v) is 7.77. The molecule has 0 aliphatic carbocycles. The average molecular weight is 573 g/mol. The summed E-state index contributed by atoms with van der Waals surface area (Å²) in [6.45, 7) is 11.9. The lowest BCUT2D eigenvalue weighted by molar-refractivity contribution is -0.141. The zero-order valence-electron chi connectivity index (χ0n) is 18.9. The van der Waals surface area contributed by atoms with E-state index in [9.17, 15) is 13.2 Å². The first-order valence-electron chi connectivity index (χ1n) is 10.8. The van der Waals surface area contributed by atoms with E-state index in [0.717, 1.165) is 45.0 Å². The van der Waals surface area contributed by atoms with Crippen LogP contribution >= 0.6 is 24.0 Å². The van der Waals surface area contributed by atoms with Gasteiger partial charge in [0.2, 0.25) is 5.95 Å². The summed E-state index contributed by atoms with van der Waals surface area (Å²) in [6.07, 6.45) is -2.34. The fourth-order valence-electron chi connectivity index (χ4n) is 3.32. The number of ether oxygens (including phenoxy) is 1. The van der Waals surface area contributed by atoms with Crippen LogP contribution in [0.4, 0.5) is 19.1 Å². The second-order valence-electron chi connectivity index (χ2n) is 7.77. The lowest BCUT2D eigenvalue weighted by Crippen LogP contribution is -2.46. The van der Waals surface area contributed by atoms with Crippen molar-refractivity contribution in [3.8, 4) is 0 Å². The molecule has 1 aromatic rings. The van der Waals surface area contributed by atoms with E-state index in [1.165, 1.54) is 0 Å². The van der Waals surface area contributed by atoms with Gasteiger partial charge in [0, 0.05) is 45.0 Å². The highest BCUT2D eigenvalue weighted by atomic mass is 127. The molecule has 0 bridgehead atoms. The van der Waals surface area contributed by atoms with Gasteiger partial charge in [0.05, 0.1) is 19.8 Å². The Balaban J connectivity index is 0.00000512. The van der Waals surface area contributed by atoms with Crippen LogP contribution in [-0.2, 0) is 10.9 Å². The van der Waals surface area contributed by atoms with Gasteiger partial charge in [-0.25, -0.2) is 9.97 Å². The van der Waals surface area contributed by atoms with E-state index in [1.807, 2.05) is 6.92 Å². The van der Waals surface area contributed by atoms with E-state index < -0.39 is 11.9 Å². The molecule has 3 N–H and O–H groups in total. The molecule has 1 aliphatic heterocycles. The molecule has 2 heterocycles. The van der Waals surface area contributed by atoms with Crippen LogP contribution in [0.3, 0.4) is 0 Å². The van der Waals surface area contributed by atoms with Crippen molar-refractivity contribution in [3.63, 3.8) is 0 Å². The van der Waals surface area contributed by atoms with Crippen LogP contribution in [0, 0.1) is 5.92 Å². The second kappa shape index (κ2) is 14.7. The Kier molecular flexibility index (Phi) is 13.1. The topological polar surface area (TPSA) is 86.7 Å². The van der Waals surface area contributed by atoms with Crippen LogP contribution in [-0.4, -0.2) is 79.4 Å². The molecular weight excluding hydrogens is 538 g/mol. The van der Waals surface area contributed by atoms with Crippen molar-refractivity contribution >= 4 is 35.9 Å². The van der Waals surface area contributed by atoms with E-state index in [-0.39, 0.29) is 29.9 Å². The molecule has 1 aliphatic rings. The van der Waals surface area contributed by atoms with Crippen LogP contribution in [0.25, 0.3) is 0 Å². The molecule has 1 saturated heterocycles. The number of guanidine groups is 1. The van der Waals surface area contributed by atoms with Gasteiger partial charge in [-0.3, -0.25) is 9.89 Å². The van der Waals surface area contributed by atoms with Crippen molar-refractivity contribution in [1.82, 2.24) is 25.5 Å². The molecule has 1 fully saturated rings. The summed E-state index contributed by atoms with van der Waals surface area (Å²) in [6, 6.07) is 1.19. The molecule has 8 nitrogen and oxygen atoms in total. The minimum atomic E-state index is -4.49. The van der Waals surface area contributed by atoms with Crippen molar-refractivity contribution < 1.29 is 17.9 Å². The summed E-state index contributed by atoms with van der Waals surface area (Å²) in [7, 11) is 0. The average Bonchev–Trinajstić information content (AvgIpc) is 2.74. The first-order valence-corrected chi connectivity index (χ1v) is 10.8. The minimum Gasteiger partial charge on any atom is -0.379 e. The largest absolute Gasteiger partial charge is 0.433 e. The van der Waals surface area contributed by atoms with E-state index in [1.54, 1.807) is 0 Å². The maximum Gasteiger partial charge on any atom is 0.433 e. The van der Waals surface area contributed by atoms with Gasteiger partial charge in [-0.05, 0) is 25.3 Å². The molecule has 0 spiro atoms. The standard InChI is InChI=1S/C20H34F3N7O.HI/c1-4-24-18(28-14-16(13-15(2)3)30-9-11-31-12-10-30)26-7-8-27-19-25-6-5-17(29-19)20(21,22)23;/h5-6,15-16H,4,7-14H2,1-3H3,(H2,24,26,28)(H,25,27,29);1H. The predicted molar refractivity (Wildman–Crippen MR) is 131 cm³/mol. The molecule has 1 aromatic heterocycles. The predicted octanol–water partition coefficient (Wildman–Crippen LogP) is 2.83. The SMILES string of the molecule is CCNC(=NCC(CC(C)C)N1CCOCC1)NCCNc1nccc(C(F)(F)F)n1.I. The fourth-order valence-corrected chi connectivity index (χ4v) is 3.32. The summed E-state index contributed by atoms with van der Waals surface area (Å²) < 4.78 is 43.7. The zero-order chi connectivity index (χ0) is 22.7. The first kappa shape index (κ1) is 28.6. The van der Waals surface area contributed by atoms with Gasteiger partial charge < -0.3 is 20.7 Å². The van der Waals surface area contributed by atoms with Crippen LogP contribution in [0.2, 0.25) is 0 Å². The molecular formula is C20H35F3IN7O. The smallest absolute Gasteiger partial charge is 0.379 e. The van der Waals surface area contributed by atoms with Gasteiger partial charge in [-0.2, -0.15) is 13.2 Å². The van der Waals surface area contributed by atoms with Crippen molar-refractivity contribution in [2.75, 3.05) is 57.8 Å². The van der Waals surface area contributed by atoms with Crippen LogP contribution in [0.5, 0.6) is 0 Å². The number of halogens is 4. The molecule has 0 radical (unpaired) electrons. The molecule has 0 amide bonds. The Labute approximate surface area is 205 Å². The number of nitrogens with one attached hydrogen (secondary N) is 3. The summed E-state index contributed by atoms with van der Waals surface area (Å²) in [5.41, 5.74) is -0.966. The molecule has 0 aromatic carbocycles. The number of aliphatic imine (C=N–C) groups is 1. The molecule has 2 rings (SSSR count). The Hall–Kier alpha value is -1.41. The monoisotopic (exact) mass is 573 g/mol. The molecule has 1 unspecified atom stereocenters. The van der Waals surface area contributed by atoms with Gasteiger partial charge in [-0.1, -0.05) is 13.8 Å². The van der Waals surface area contributed by atoms with Crippen molar-refractivity contribution in [2.45, 2.75) is 39.4 Å². The van der Waals surface area contributed by atoms with Crippen molar-refractivity contribution in [3.05, 3.63) is 18.0 Å². The first-order chi connectivity index (χ1) is 14.8. The molecule has 184 valence electrons. The molecule has 12 heteroatoms. The van der Waals surface area contributed by atoms with E-state index in [2.05, 4.69) is 44.7 Å². The Morgan fingerprint density at radius 1 is 1.22 bits per heavy atom. The van der Waals surface area contributed by atoms with Gasteiger partial charge in [0.1, 0.15) is 5.69 Å². The van der Waals surface area contributed by atoms with Gasteiger partial charge >= 0.3 is 6.18 Å². The fraction of sp³-hybridized carbons (Fsp3) is 0.750. The number of alkyl halides is 3. The number of rotatable bonds is 10. The number of aromatic nitrogens is 2. The van der Waals surface area contributed by atoms with Crippen LogP contribution < -0.4 is 16.0 Å². The van der Waals surface area contributed by atoms with E-state index in [4.69, 9.17) is 9.73 Å². The molecule has 1 atom stereocenters. The maximum atomic E-state index is 12.7. The Morgan fingerprint density at radius 3 is 2.56 bits per heavy atom. The lowest BCUT2D eigenvalue weighted by Gasteiger charge is -2.34. The Morgan fingerprint density at radius 2 is 1.94 bits per heavy atom. The number of morpholine rings is 1. The highest BCUT2D eigenvalue weighted by molar-refractivity contribution is 14.0. The molecule has 0 saturated carbocycles. The van der Waals surface area contributed by atoms with Crippen LogP contribution in [0.15, 0.2) is 17.3 Å². The Bertz CT molecular complexity index is 685.